The Kier molecular flexibility index (Phi) is 8.29. The Balaban J connectivity index is 1.07. The van der Waals surface area contributed by atoms with Crippen molar-refractivity contribution in [1.82, 2.24) is 34.5 Å². The Morgan fingerprint density at radius 1 is 1.10 bits per heavy atom. The molecule has 7 atom stereocenters. The van der Waals surface area contributed by atoms with Crippen LogP contribution in [0.25, 0.3) is 22.2 Å². The van der Waals surface area contributed by atoms with Crippen LogP contribution in [0.15, 0.2) is 30.9 Å². The number of hydrogen-bond acceptors (Lipinski definition) is 14. The smallest absolute Gasteiger partial charge is 0.319 e. The fourth-order valence-electron chi connectivity index (χ4n) is 5.06. The van der Waals surface area contributed by atoms with Gasteiger partial charge in [0.05, 0.1) is 42.8 Å². The molecular formula is C22H27N9O9P2. The zero-order valence-corrected chi connectivity index (χ0v) is 23.8. The number of imidazole rings is 1. The van der Waals surface area contributed by atoms with Gasteiger partial charge in [0, 0.05) is 6.42 Å². The molecule has 5 N–H and O–H groups in total. The molecule has 1 amide bonds. The summed E-state index contributed by atoms with van der Waals surface area (Å²) in [5.74, 6) is -0.405. The number of nitrogen functional groups attached to an aromatic ring is 1. The van der Waals surface area contributed by atoms with E-state index in [0.29, 0.717) is 35.0 Å². The van der Waals surface area contributed by atoms with E-state index in [1.807, 2.05) is 0 Å². The largest absolute Gasteiger partial charge is 0.382 e. The van der Waals surface area contributed by atoms with Crippen molar-refractivity contribution in [3.8, 4) is 0 Å². The maximum absolute atomic E-state index is 12.8. The molecule has 1 aromatic carbocycles. The molecule has 0 spiro atoms. The number of fused-ring (bicyclic) bond motifs is 2. The number of rotatable bonds is 11. The summed E-state index contributed by atoms with van der Waals surface area (Å²) in [7, 11) is -6.29. The van der Waals surface area contributed by atoms with Crippen LogP contribution in [0.5, 0.6) is 0 Å². The van der Waals surface area contributed by atoms with Crippen molar-refractivity contribution < 1.29 is 41.9 Å². The number of ether oxygens (including phenoxy) is 2. The first-order valence-corrected chi connectivity index (χ1v) is 15.3. The second kappa shape index (κ2) is 12.1. The van der Waals surface area contributed by atoms with Gasteiger partial charge in [0.25, 0.3) is 5.91 Å². The van der Waals surface area contributed by atoms with Gasteiger partial charge < -0.3 is 39.4 Å². The van der Waals surface area contributed by atoms with Gasteiger partial charge in [-0.1, -0.05) is 11.3 Å². The van der Waals surface area contributed by atoms with Crippen LogP contribution >= 0.6 is 16.5 Å². The van der Waals surface area contributed by atoms with Gasteiger partial charge in [-0.15, -0.1) is 5.10 Å². The molecule has 0 bridgehead atoms. The van der Waals surface area contributed by atoms with Crippen LogP contribution in [-0.2, 0) is 32.2 Å². The normalized spacial score (nSPS) is 25.8. The highest BCUT2D eigenvalue weighted by molar-refractivity contribution is 7.33. The predicted octanol–water partition coefficient (Wildman–Crippen LogP) is 1.11. The second-order valence-electron chi connectivity index (χ2n) is 9.60. The third kappa shape index (κ3) is 5.80. The Hall–Kier alpha value is -3.34. The number of anilines is 1. The Labute approximate surface area is 238 Å². The number of primary amides is 1. The average Bonchev–Trinajstić information content (AvgIpc) is 3.76. The maximum Gasteiger partial charge on any atom is 0.319 e. The zero-order chi connectivity index (χ0) is 29.4. The van der Waals surface area contributed by atoms with Gasteiger partial charge in [0.15, 0.2) is 17.7 Å². The van der Waals surface area contributed by atoms with Gasteiger partial charge in [-0.2, -0.15) is 0 Å². The Morgan fingerprint density at radius 3 is 2.76 bits per heavy atom. The van der Waals surface area contributed by atoms with Gasteiger partial charge in [-0.25, -0.2) is 19.6 Å². The highest BCUT2D eigenvalue weighted by atomic mass is 31.1. The number of carbonyl (C=O) groups excluding carboxylic acids is 1. The molecule has 0 radical (unpaired) electrons. The van der Waals surface area contributed by atoms with E-state index in [9.17, 15) is 13.9 Å². The SMILES string of the molecule is NC(=O)c1cccc2c1nnn2[C@H]1CC[C@@H](CO[PH](=O)O[C@H]2C[C@H](n3cnc4c(N)ncnc43)O[C@@H]2CO[PH](=O)O)O1. The summed E-state index contributed by atoms with van der Waals surface area (Å²) in [5, 5.41) is 8.22. The van der Waals surface area contributed by atoms with E-state index in [-0.39, 0.29) is 31.0 Å². The van der Waals surface area contributed by atoms with Gasteiger partial charge >= 0.3 is 16.5 Å². The summed E-state index contributed by atoms with van der Waals surface area (Å²) in [4.78, 5) is 33.2. The third-order valence-corrected chi connectivity index (χ3v) is 8.32. The monoisotopic (exact) mass is 623 g/mol. The number of carbonyl (C=O) groups is 1. The third-order valence-electron chi connectivity index (χ3n) is 7.01. The lowest BCUT2D eigenvalue weighted by Crippen LogP contribution is -2.27. The van der Waals surface area contributed by atoms with E-state index >= 15 is 0 Å². The number of hydrogen-bond donors (Lipinski definition) is 3. The molecule has 0 saturated carbocycles. The van der Waals surface area contributed by atoms with E-state index in [4.69, 9.17) is 39.4 Å². The highest BCUT2D eigenvalue weighted by Gasteiger charge is 2.40. The number of nitrogens with two attached hydrogens (primary N) is 2. The van der Waals surface area contributed by atoms with Crippen molar-refractivity contribution in [2.75, 3.05) is 18.9 Å². The van der Waals surface area contributed by atoms with Crippen LogP contribution in [0.1, 0.15) is 42.1 Å². The van der Waals surface area contributed by atoms with Crippen LogP contribution in [-0.4, -0.2) is 76.8 Å². The molecule has 2 unspecified atom stereocenters. The standard InChI is InChI=1S/C22H27N9O9P2/c23-20-19-22(26-9-25-20)30(10-27-19)17-6-14(15(39-17)8-36-41(33)34)40-42(35)37-7-11-4-5-16(38-11)31-13-3-1-2-12(21(24)32)18(13)28-29-31/h1-3,9-11,14-17,41-42H,4-8H2,(H2,24,32)(H,33,34)(H2,23,25,26)/t11-,14-,15+,16+,17+/m0/s1. The lowest BCUT2D eigenvalue weighted by molar-refractivity contribution is -0.0390. The predicted molar refractivity (Wildman–Crippen MR) is 144 cm³/mol. The molecule has 5 heterocycles. The van der Waals surface area contributed by atoms with Gasteiger partial charge in [-0.05, 0) is 25.0 Å². The summed E-state index contributed by atoms with van der Waals surface area (Å²) in [6.45, 7) is -0.288. The molecule has 2 saturated heterocycles. The van der Waals surface area contributed by atoms with Crippen molar-refractivity contribution in [2.24, 2.45) is 5.73 Å². The fourth-order valence-corrected chi connectivity index (χ4v) is 6.25. The molecule has 42 heavy (non-hydrogen) atoms. The highest BCUT2D eigenvalue weighted by Crippen LogP contribution is 2.40. The molecule has 2 aliphatic heterocycles. The van der Waals surface area contributed by atoms with Crippen molar-refractivity contribution in [3.63, 3.8) is 0 Å². The molecule has 2 aliphatic rings. The van der Waals surface area contributed by atoms with Crippen LogP contribution in [0.4, 0.5) is 5.82 Å². The fraction of sp³-hybridized carbons (Fsp3) is 0.455. The summed E-state index contributed by atoms with van der Waals surface area (Å²) in [5.41, 5.74) is 13.4. The van der Waals surface area contributed by atoms with Crippen molar-refractivity contribution in [2.45, 2.75) is 50.0 Å². The Bertz CT molecular complexity index is 1670. The van der Waals surface area contributed by atoms with E-state index in [1.165, 1.54) is 12.7 Å². The van der Waals surface area contributed by atoms with Crippen LogP contribution < -0.4 is 11.5 Å². The molecule has 2 fully saturated rings. The summed E-state index contributed by atoms with van der Waals surface area (Å²) >= 11 is 0. The molecule has 6 rings (SSSR count). The topological polar surface area (TPSA) is 244 Å². The van der Waals surface area contributed by atoms with Crippen molar-refractivity contribution in [1.29, 1.82) is 0 Å². The van der Waals surface area contributed by atoms with E-state index in [2.05, 4.69) is 25.3 Å². The number of amides is 1. The van der Waals surface area contributed by atoms with Gasteiger partial charge in [-0.3, -0.25) is 18.5 Å². The number of aromatic nitrogens is 7. The lowest BCUT2D eigenvalue weighted by Gasteiger charge is -2.19. The minimum absolute atomic E-state index is 0.0155. The minimum Gasteiger partial charge on any atom is -0.382 e. The second-order valence-corrected chi connectivity index (χ2v) is 11.4. The van der Waals surface area contributed by atoms with E-state index in [1.54, 1.807) is 27.4 Å². The maximum atomic E-state index is 12.8. The van der Waals surface area contributed by atoms with Crippen LogP contribution in [0.2, 0.25) is 0 Å². The quantitative estimate of drug-likeness (QED) is 0.198. The lowest BCUT2D eigenvalue weighted by atomic mass is 10.1. The molecule has 3 aromatic heterocycles. The van der Waals surface area contributed by atoms with Crippen molar-refractivity contribution >= 4 is 50.4 Å². The van der Waals surface area contributed by atoms with Crippen molar-refractivity contribution in [3.05, 3.63) is 36.4 Å². The summed E-state index contributed by atoms with van der Waals surface area (Å²) in [6, 6.07) is 5.03. The molecule has 0 aliphatic carbocycles. The van der Waals surface area contributed by atoms with Gasteiger partial charge in [0.1, 0.15) is 29.7 Å². The summed E-state index contributed by atoms with van der Waals surface area (Å²) < 4.78 is 55.4. The first-order valence-electron chi connectivity index (χ1n) is 12.8. The molecule has 4 aromatic rings. The average molecular weight is 623 g/mol. The summed E-state index contributed by atoms with van der Waals surface area (Å²) in [6.07, 6.45) is 0.991. The van der Waals surface area contributed by atoms with Crippen LogP contribution in [0, 0.1) is 0 Å². The number of nitrogens with zero attached hydrogens (tertiary/aromatic N) is 7. The zero-order valence-electron chi connectivity index (χ0n) is 21.8. The van der Waals surface area contributed by atoms with E-state index < -0.39 is 53.2 Å². The molecule has 224 valence electrons. The molecule has 18 nitrogen and oxygen atoms in total. The Morgan fingerprint density at radius 2 is 1.95 bits per heavy atom. The number of benzene rings is 1. The van der Waals surface area contributed by atoms with Gasteiger partial charge in [0.2, 0.25) is 0 Å². The first kappa shape index (κ1) is 28.8. The first-order chi connectivity index (χ1) is 20.3. The molecular weight excluding hydrogens is 596 g/mol. The minimum atomic E-state index is -3.24. The van der Waals surface area contributed by atoms with Crippen LogP contribution in [0.3, 0.4) is 0 Å². The van der Waals surface area contributed by atoms with E-state index in [0.717, 1.165) is 0 Å². The molecule has 20 heteroatoms.